The van der Waals surface area contributed by atoms with Gasteiger partial charge in [0.1, 0.15) is 0 Å². The van der Waals surface area contributed by atoms with Gasteiger partial charge in [-0.2, -0.15) is 0 Å². The van der Waals surface area contributed by atoms with E-state index >= 15 is 0 Å². The molecule has 2 rings (SSSR count). The minimum atomic E-state index is -0.392. The number of primary amides is 1. The second kappa shape index (κ2) is 3.10. The zero-order valence-electron chi connectivity index (χ0n) is 7.99. The first-order valence-electron chi connectivity index (χ1n) is 4.81. The summed E-state index contributed by atoms with van der Waals surface area (Å²) < 4.78 is 0. The molecule has 1 aliphatic rings. The number of hydrogen-bond acceptors (Lipinski definition) is 2. The highest BCUT2D eigenvalue weighted by Crippen LogP contribution is 2.38. The van der Waals surface area contributed by atoms with Gasteiger partial charge in [0, 0.05) is 11.1 Å². The first-order valence-corrected chi connectivity index (χ1v) is 4.81. The van der Waals surface area contributed by atoms with Gasteiger partial charge in [0.2, 0.25) is 5.91 Å². The lowest BCUT2D eigenvalue weighted by Crippen LogP contribution is -2.43. The van der Waals surface area contributed by atoms with Crippen LogP contribution < -0.4 is 11.5 Å². The Hall–Kier alpha value is -1.35. The van der Waals surface area contributed by atoms with Crippen LogP contribution in [0.3, 0.4) is 0 Å². The normalized spacial score (nSPS) is 18.6. The number of nitrogens with two attached hydrogens (primary N) is 2. The van der Waals surface area contributed by atoms with Crippen LogP contribution in [0.2, 0.25) is 0 Å². The molecule has 1 aromatic rings. The van der Waals surface area contributed by atoms with E-state index in [-0.39, 0.29) is 5.54 Å². The zero-order chi connectivity index (χ0) is 10.2. The molecule has 1 amide bonds. The topological polar surface area (TPSA) is 69.1 Å². The Balaban J connectivity index is 2.25. The number of benzene rings is 1. The Kier molecular flexibility index (Phi) is 2.04. The number of rotatable bonds is 2. The Morgan fingerprint density at radius 1 is 1.21 bits per heavy atom. The lowest BCUT2D eigenvalue weighted by molar-refractivity contribution is 0.1000. The summed E-state index contributed by atoms with van der Waals surface area (Å²) in [5, 5.41) is 0. The van der Waals surface area contributed by atoms with Gasteiger partial charge in [0.15, 0.2) is 0 Å². The molecule has 0 heterocycles. The third kappa shape index (κ3) is 1.40. The van der Waals surface area contributed by atoms with Gasteiger partial charge in [-0.05, 0) is 37.0 Å². The zero-order valence-corrected chi connectivity index (χ0v) is 7.99. The van der Waals surface area contributed by atoms with Gasteiger partial charge in [-0.15, -0.1) is 0 Å². The molecule has 4 N–H and O–H groups in total. The predicted molar refractivity (Wildman–Crippen MR) is 54.7 cm³/mol. The Labute approximate surface area is 83.1 Å². The lowest BCUT2D eigenvalue weighted by atomic mass is 9.73. The molecule has 0 aromatic heterocycles. The van der Waals surface area contributed by atoms with E-state index < -0.39 is 5.91 Å². The van der Waals surface area contributed by atoms with Crippen LogP contribution >= 0.6 is 0 Å². The number of carbonyl (C=O) groups excluding carboxylic acids is 1. The minimum absolute atomic E-state index is 0.157. The van der Waals surface area contributed by atoms with Gasteiger partial charge in [-0.3, -0.25) is 4.79 Å². The second-order valence-electron chi connectivity index (χ2n) is 3.95. The fraction of sp³-hybridized carbons (Fsp3) is 0.364. The van der Waals surface area contributed by atoms with Crippen LogP contribution in [0.4, 0.5) is 0 Å². The summed E-state index contributed by atoms with van der Waals surface area (Å²) in [4.78, 5) is 10.8. The van der Waals surface area contributed by atoms with Crippen molar-refractivity contribution >= 4 is 5.91 Å². The van der Waals surface area contributed by atoms with Crippen molar-refractivity contribution in [3.8, 4) is 0 Å². The maximum Gasteiger partial charge on any atom is 0.248 e. The molecule has 14 heavy (non-hydrogen) atoms. The van der Waals surface area contributed by atoms with Crippen molar-refractivity contribution < 1.29 is 4.79 Å². The molecule has 1 fully saturated rings. The van der Waals surface area contributed by atoms with Gasteiger partial charge < -0.3 is 11.5 Å². The van der Waals surface area contributed by atoms with Gasteiger partial charge in [-0.25, -0.2) is 0 Å². The van der Waals surface area contributed by atoms with Gasteiger partial charge >= 0.3 is 0 Å². The molecule has 1 aliphatic carbocycles. The van der Waals surface area contributed by atoms with Crippen molar-refractivity contribution in [1.82, 2.24) is 0 Å². The molecule has 0 saturated heterocycles. The fourth-order valence-corrected chi connectivity index (χ4v) is 1.81. The van der Waals surface area contributed by atoms with Crippen LogP contribution in [0.25, 0.3) is 0 Å². The third-order valence-electron chi connectivity index (χ3n) is 2.99. The van der Waals surface area contributed by atoms with Crippen molar-refractivity contribution in [2.24, 2.45) is 11.5 Å². The maximum absolute atomic E-state index is 10.8. The summed E-state index contributed by atoms with van der Waals surface area (Å²) in [6, 6.07) is 7.29. The maximum atomic E-state index is 10.8. The molecule has 0 bridgehead atoms. The van der Waals surface area contributed by atoms with Crippen molar-refractivity contribution in [1.29, 1.82) is 0 Å². The first kappa shape index (κ1) is 9.21. The summed E-state index contributed by atoms with van der Waals surface area (Å²) in [7, 11) is 0. The summed E-state index contributed by atoms with van der Waals surface area (Å²) >= 11 is 0. The van der Waals surface area contributed by atoms with Crippen LogP contribution in [-0.4, -0.2) is 5.91 Å². The van der Waals surface area contributed by atoms with Crippen molar-refractivity contribution in [2.75, 3.05) is 0 Å². The summed E-state index contributed by atoms with van der Waals surface area (Å²) in [5.74, 6) is -0.392. The van der Waals surface area contributed by atoms with Crippen molar-refractivity contribution in [3.05, 3.63) is 35.4 Å². The molecule has 0 atom stereocenters. The van der Waals surface area contributed by atoms with Crippen molar-refractivity contribution in [2.45, 2.75) is 24.8 Å². The van der Waals surface area contributed by atoms with Gasteiger partial charge in [0.25, 0.3) is 0 Å². The second-order valence-corrected chi connectivity index (χ2v) is 3.95. The highest BCUT2D eigenvalue weighted by Gasteiger charge is 2.33. The molecule has 0 spiro atoms. The van der Waals surface area contributed by atoms with Crippen LogP contribution in [0, 0.1) is 0 Å². The number of amides is 1. The van der Waals surface area contributed by atoms with Crippen LogP contribution in [0.5, 0.6) is 0 Å². The summed E-state index contributed by atoms with van der Waals surface area (Å²) in [5.41, 5.74) is 12.8. The molecule has 0 aliphatic heterocycles. The van der Waals surface area contributed by atoms with Crippen LogP contribution in [0.15, 0.2) is 24.3 Å². The highest BCUT2D eigenvalue weighted by atomic mass is 16.1. The molecule has 1 saturated carbocycles. The smallest absolute Gasteiger partial charge is 0.248 e. The third-order valence-corrected chi connectivity index (χ3v) is 2.99. The van der Waals surface area contributed by atoms with E-state index in [1.165, 1.54) is 6.42 Å². The average molecular weight is 190 g/mol. The molecule has 1 aromatic carbocycles. The Morgan fingerprint density at radius 2 is 1.79 bits per heavy atom. The van der Waals surface area contributed by atoms with Gasteiger partial charge in [0.05, 0.1) is 0 Å². The molecular formula is C11H14N2O. The minimum Gasteiger partial charge on any atom is -0.366 e. The van der Waals surface area contributed by atoms with Crippen LogP contribution in [0.1, 0.15) is 35.2 Å². The van der Waals surface area contributed by atoms with E-state index in [9.17, 15) is 4.79 Å². The van der Waals surface area contributed by atoms with E-state index in [2.05, 4.69) is 0 Å². The van der Waals surface area contributed by atoms with Gasteiger partial charge in [-0.1, -0.05) is 12.1 Å². The molecule has 3 heteroatoms. The van der Waals surface area contributed by atoms with Crippen molar-refractivity contribution in [3.63, 3.8) is 0 Å². The molecule has 0 unspecified atom stereocenters. The first-order chi connectivity index (χ1) is 6.62. The highest BCUT2D eigenvalue weighted by molar-refractivity contribution is 5.92. The van der Waals surface area contributed by atoms with E-state index in [0.29, 0.717) is 5.56 Å². The lowest BCUT2D eigenvalue weighted by Gasteiger charge is -2.38. The van der Waals surface area contributed by atoms with Crippen LogP contribution in [-0.2, 0) is 5.54 Å². The number of hydrogen-bond donors (Lipinski definition) is 2. The average Bonchev–Trinajstić information content (AvgIpc) is 2.14. The monoisotopic (exact) mass is 190 g/mol. The molecule has 0 radical (unpaired) electrons. The standard InChI is InChI=1S/C11H14N2O/c12-10(14)8-2-4-9(5-3-8)11(13)6-1-7-11/h2-5H,1,6-7,13H2,(H2,12,14). The van der Waals surface area contributed by atoms with E-state index in [0.717, 1.165) is 18.4 Å². The molecule has 3 nitrogen and oxygen atoms in total. The van der Waals surface area contributed by atoms with E-state index in [1.54, 1.807) is 12.1 Å². The summed E-state index contributed by atoms with van der Waals surface area (Å²) in [6.45, 7) is 0. The Bertz CT molecular complexity index is 352. The fourth-order valence-electron chi connectivity index (χ4n) is 1.81. The molecular weight excluding hydrogens is 176 g/mol. The quantitative estimate of drug-likeness (QED) is 0.733. The largest absolute Gasteiger partial charge is 0.366 e. The SMILES string of the molecule is NC(=O)c1ccc(C2(N)CCC2)cc1. The predicted octanol–water partition coefficient (Wildman–Crippen LogP) is 1.12. The molecule has 74 valence electrons. The number of carbonyl (C=O) groups is 1. The van der Waals surface area contributed by atoms with E-state index in [4.69, 9.17) is 11.5 Å². The Morgan fingerprint density at radius 3 is 2.14 bits per heavy atom. The summed E-state index contributed by atoms with van der Waals surface area (Å²) in [6.07, 6.45) is 3.25. The van der Waals surface area contributed by atoms with E-state index in [1.807, 2.05) is 12.1 Å².